The van der Waals surface area contributed by atoms with Crippen LogP contribution < -0.4 is 10.2 Å². The Morgan fingerprint density at radius 2 is 1.90 bits per heavy atom. The molecule has 10 heteroatoms. The maximum atomic E-state index is 11.5. The van der Waals surface area contributed by atoms with Crippen LogP contribution in [0.1, 0.15) is 29.7 Å². The second kappa shape index (κ2) is 13.5. The summed E-state index contributed by atoms with van der Waals surface area (Å²) in [6.45, 7) is 8.82. The minimum atomic E-state index is -0.506. The zero-order chi connectivity index (χ0) is 27.7. The second-order valence-corrected chi connectivity index (χ2v) is 10.2. The number of hydrogen-bond acceptors (Lipinski definition) is 9. The number of rotatable bonds is 8. The first-order valence-electron chi connectivity index (χ1n) is 13.9. The lowest BCUT2D eigenvalue weighted by atomic mass is 9.96. The molecule has 2 aliphatic rings. The van der Waals surface area contributed by atoms with Gasteiger partial charge in [-0.3, -0.25) is 20.2 Å². The van der Waals surface area contributed by atoms with Crippen molar-refractivity contribution >= 4 is 23.8 Å². The summed E-state index contributed by atoms with van der Waals surface area (Å²) in [4.78, 5) is 35.2. The van der Waals surface area contributed by atoms with Crippen molar-refractivity contribution in [2.75, 3.05) is 63.3 Å². The van der Waals surface area contributed by atoms with Crippen molar-refractivity contribution in [3.05, 3.63) is 65.6 Å². The van der Waals surface area contributed by atoms with Gasteiger partial charge in [0, 0.05) is 56.0 Å². The number of nitrogens with zero attached hydrogens (tertiary/aromatic N) is 6. The van der Waals surface area contributed by atoms with Crippen molar-refractivity contribution in [2.24, 2.45) is 10.9 Å². The molecule has 0 aliphatic carbocycles. The van der Waals surface area contributed by atoms with Crippen LogP contribution in [-0.4, -0.2) is 85.2 Å². The molecule has 1 aromatic carbocycles. The molecule has 10 nitrogen and oxygen atoms in total. The monoisotopic (exact) mass is 543 g/mol. The Morgan fingerprint density at radius 3 is 2.60 bits per heavy atom. The summed E-state index contributed by atoms with van der Waals surface area (Å²) < 4.78 is 10.3. The molecule has 4 heterocycles. The van der Waals surface area contributed by atoms with E-state index in [-0.39, 0.29) is 0 Å². The fourth-order valence-corrected chi connectivity index (χ4v) is 5.10. The van der Waals surface area contributed by atoms with E-state index in [0.717, 1.165) is 74.7 Å². The fraction of sp³-hybridized carbons (Fsp3) is 0.433. The van der Waals surface area contributed by atoms with Gasteiger partial charge in [0.1, 0.15) is 5.82 Å². The van der Waals surface area contributed by atoms with Gasteiger partial charge in [0.2, 0.25) is 0 Å². The van der Waals surface area contributed by atoms with Crippen LogP contribution in [0.3, 0.4) is 0 Å². The molecular weight excluding hydrogens is 506 g/mol. The van der Waals surface area contributed by atoms with Crippen LogP contribution in [0.15, 0.2) is 53.8 Å². The Kier molecular flexibility index (Phi) is 9.30. The highest BCUT2D eigenvalue weighted by molar-refractivity contribution is 5.89. The molecule has 0 atom stereocenters. The number of morpholine rings is 1. The molecule has 0 bridgehead atoms. The number of carbonyl (C=O) groups is 1. The van der Waals surface area contributed by atoms with Crippen LogP contribution in [0.4, 0.5) is 16.3 Å². The Morgan fingerprint density at radius 1 is 1.12 bits per heavy atom. The lowest BCUT2D eigenvalue weighted by Crippen LogP contribution is -2.37. The number of aliphatic imine (C=N–C) groups is 1. The fourth-order valence-electron chi connectivity index (χ4n) is 5.10. The zero-order valence-corrected chi connectivity index (χ0v) is 23.3. The molecule has 0 radical (unpaired) electrons. The molecular formula is C30H37N7O3. The molecule has 2 saturated heterocycles. The van der Waals surface area contributed by atoms with Crippen LogP contribution in [0, 0.1) is 12.8 Å². The third-order valence-corrected chi connectivity index (χ3v) is 7.42. The SMILES string of the molecule is COC(=O)Nc1ccc(-c2nc(C)c(C=NCC3CCN(Cc4cccnc4)CC3)c(N3CCOCC3)n2)cc1. The number of ether oxygens (including phenoxy) is 2. The number of pyridine rings is 1. The van der Waals surface area contributed by atoms with Gasteiger partial charge in [0.05, 0.1) is 31.6 Å². The number of aromatic nitrogens is 3. The van der Waals surface area contributed by atoms with Crippen LogP contribution in [0.2, 0.25) is 0 Å². The third kappa shape index (κ3) is 7.19. The Balaban J connectivity index is 1.27. The number of anilines is 2. The van der Waals surface area contributed by atoms with E-state index in [1.807, 2.05) is 55.9 Å². The number of methoxy groups -OCH3 is 1. The molecule has 3 aromatic rings. The largest absolute Gasteiger partial charge is 0.453 e. The highest BCUT2D eigenvalue weighted by Gasteiger charge is 2.21. The number of benzene rings is 1. The van der Waals surface area contributed by atoms with Gasteiger partial charge in [0.25, 0.3) is 0 Å². The van der Waals surface area contributed by atoms with Crippen molar-refractivity contribution in [1.82, 2.24) is 19.9 Å². The van der Waals surface area contributed by atoms with Gasteiger partial charge in [-0.15, -0.1) is 0 Å². The summed E-state index contributed by atoms with van der Waals surface area (Å²) in [5.41, 5.74) is 4.63. The van der Waals surface area contributed by atoms with Crippen LogP contribution in [0.25, 0.3) is 11.4 Å². The second-order valence-electron chi connectivity index (χ2n) is 10.2. The molecule has 1 amide bonds. The average molecular weight is 544 g/mol. The summed E-state index contributed by atoms with van der Waals surface area (Å²) in [6, 6.07) is 11.6. The third-order valence-electron chi connectivity index (χ3n) is 7.42. The summed E-state index contributed by atoms with van der Waals surface area (Å²) in [6.07, 6.45) is 7.52. The molecule has 0 saturated carbocycles. The Hall–Kier alpha value is -3.89. The van der Waals surface area contributed by atoms with E-state index in [4.69, 9.17) is 19.7 Å². The minimum Gasteiger partial charge on any atom is -0.453 e. The average Bonchev–Trinajstić information content (AvgIpc) is 3.00. The van der Waals surface area contributed by atoms with Crippen molar-refractivity contribution < 1.29 is 14.3 Å². The minimum absolute atomic E-state index is 0.506. The first-order chi connectivity index (χ1) is 19.6. The molecule has 5 rings (SSSR count). The van der Waals surface area contributed by atoms with Crippen molar-refractivity contribution in [1.29, 1.82) is 0 Å². The lowest BCUT2D eigenvalue weighted by Gasteiger charge is -2.31. The standard InChI is InChI=1S/C30H37N7O3/c1-22-27(20-32-18-23-9-12-36(13-10-23)21-24-4-3-11-31-19-24)29(37-14-16-40-17-15-37)35-28(33-22)25-5-7-26(8-6-25)34-30(38)39-2/h3-8,11,19-20,23H,9-10,12-18,21H2,1-2H3,(H,34,38). The normalized spacial score (nSPS) is 16.8. The van der Waals surface area contributed by atoms with E-state index in [1.165, 1.54) is 12.7 Å². The number of likely N-dealkylation sites (tertiary alicyclic amines) is 1. The molecule has 2 aromatic heterocycles. The highest BCUT2D eigenvalue weighted by Crippen LogP contribution is 2.26. The van der Waals surface area contributed by atoms with Gasteiger partial charge < -0.3 is 14.4 Å². The van der Waals surface area contributed by atoms with Crippen LogP contribution in [-0.2, 0) is 16.0 Å². The topological polar surface area (TPSA) is 105 Å². The summed E-state index contributed by atoms with van der Waals surface area (Å²) in [5.74, 6) is 2.10. The van der Waals surface area contributed by atoms with Crippen LogP contribution >= 0.6 is 0 Å². The van der Waals surface area contributed by atoms with Crippen molar-refractivity contribution in [3.8, 4) is 11.4 Å². The molecule has 1 N–H and O–H groups in total. The van der Waals surface area contributed by atoms with E-state index in [1.54, 1.807) is 0 Å². The van der Waals surface area contributed by atoms with E-state index < -0.39 is 6.09 Å². The maximum Gasteiger partial charge on any atom is 0.411 e. The quantitative estimate of drug-likeness (QED) is 0.422. The number of carbonyl (C=O) groups excluding carboxylic acids is 1. The lowest BCUT2D eigenvalue weighted by molar-refractivity contribution is 0.122. The predicted molar refractivity (Wildman–Crippen MR) is 156 cm³/mol. The Bertz CT molecular complexity index is 1290. The number of aryl methyl sites for hydroxylation is 1. The van der Waals surface area contributed by atoms with Gasteiger partial charge in [-0.05, 0) is 74.7 Å². The summed E-state index contributed by atoms with van der Waals surface area (Å²) in [5, 5.41) is 2.67. The van der Waals surface area contributed by atoms with Crippen molar-refractivity contribution in [2.45, 2.75) is 26.3 Å². The first-order valence-corrected chi connectivity index (χ1v) is 13.9. The summed E-state index contributed by atoms with van der Waals surface area (Å²) >= 11 is 0. The van der Waals surface area contributed by atoms with E-state index >= 15 is 0 Å². The first kappa shape index (κ1) is 27.7. The van der Waals surface area contributed by atoms with Gasteiger partial charge in [-0.1, -0.05) is 6.07 Å². The van der Waals surface area contributed by atoms with Crippen LogP contribution in [0.5, 0.6) is 0 Å². The van der Waals surface area contributed by atoms with Gasteiger partial charge in [-0.2, -0.15) is 0 Å². The molecule has 0 unspecified atom stereocenters. The van der Waals surface area contributed by atoms with Gasteiger partial charge >= 0.3 is 6.09 Å². The predicted octanol–water partition coefficient (Wildman–Crippen LogP) is 4.19. The molecule has 2 fully saturated rings. The zero-order valence-electron chi connectivity index (χ0n) is 23.3. The van der Waals surface area contributed by atoms with Gasteiger partial charge in [-0.25, -0.2) is 14.8 Å². The maximum absolute atomic E-state index is 11.5. The molecule has 0 spiro atoms. The summed E-state index contributed by atoms with van der Waals surface area (Å²) in [7, 11) is 1.34. The smallest absolute Gasteiger partial charge is 0.411 e. The van der Waals surface area contributed by atoms with E-state index in [0.29, 0.717) is 30.6 Å². The Labute approximate surface area is 235 Å². The van der Waals surface area contributed by atoms with Gasteiger partial charge in [0.15, 0.2) is 5.82 Å². The molecule has 40 heavy (non-hydrogen) atoms. The van der Waals surface area contributed by atoms with E-state index in [2.05, 4.69) is 30.9 Å². The molecule has 2 aliphatic heterocycles. The number of piperidine rings is 1. The number of nitrogens with one attached hydrogen (secondary N) is 1. The van der Waals surface area contributed by atoms with E-state index in [9.17, 15) is 4.79 Å². The number of hydrogen-bond donors (Lipinski definition) is 1. The van der Waals surface area contributed by atoms with Crippen molar-refractivity contribution in [3.63, 3.8) is 0 Å². The number of amides is 1. The molecule has 210 valence electrons. The highest BCUT2D eigenvalue weighted by atomic mass is 16.5.